The van der Waals surface area contributed by atoms with Crippen LogP contribution in [0.15, 0.2) is 146 Å². The zero-order valence-corrected chi connectivity index (χ0v) is 55.5. The molecule has 0 amide bonds. The van der Waals surface area contributed by atoms with Crippen molar-refractivity contribution >= 4 is 23.9 Å². The van der Waals surface area contributed by atoms with Crippen LogP contribution in [-0.4, -0.2) is 223 Å². The van der Waals surface area contributed by atoms with Gasteiger partial charge in [0, 0.05) is 13.2 Å². The monoisotopic (exact) mass is 1390 g/mol. The number of hydrogen-bond donors (Lipinski definition) is 4. The zero-order valence-electron chi connectivity index (χ0n) is 55.5. The Hall–Kier alpha value is -8.96. The Balaban J connectivity index is -0.000000637. The number of nitrogens with one attached hydrogen (secondary N) is 2. The maximum absolute atomic E-state index is 10.3. The van der Waals surface area contributed by atoms with Crippen LogP contribution in [0.4, 0.5) is 0 Å². The number of aromatic carboxylic acids is 4. The molecule has 0 saturated heterocycles. The van der Waals surface area contributed by atoms with Crippen molar-refractivity contribution in [2.24, 2.45) is 0 Å². The maximum Gasteiger partial charge on any atom is 0.335 e. The number of fused-ring (bicyclic) bond motifs is 4. The summed E-state index contributed by atoms with van der Waals surface area (Å²) in [5.74, 6) is 1.17. The van der Waals surface area contributed by atoms with E-state index in [1.807, 2.05) is 97.1 Å². The molecule has 0 fully saturated rings. The fraction of sp³-hybridized carbons (Fsp3) is 0.412. The average molecular weight is 1400 g/mol. The Bertz CT molecular complexity index is 2600. The summed E-state index contributed by atoms with van der Waals surface area (Å²) in [6.07, 6.45) is 4.49. The van der Waals surface area contributed by atoms with Crippen molar-refractivity contribution in [1.82, 2.24) is 0 Å². The van der Waals surface area contributed by atoms with Crippen LogP contribution in [0.5, 0.6) is 46.0 Å². The lowest BCUT2D eigenvalue weighted by atomic mass is 10.1. The number of quaternary nitrogens is 2. The summed E-state index contributed by atoms with van der Waals surface area (Å²) in [5, 5.41) is 37.3. The average Bonchev–Trinajstić information content (AvgIpc) is 0.948. The molecule has 0 unspecified atom stereocenters. The molecule has 8 rings (SSSR count). The Morgan fingerprint density at radius 3 is 0.755 bits per heavy atom. The van der Waals surface area contributed by atoms with Gasteiger partial charge < -0.3 is 140 Å². The van der Waals surface area contributed by atoms with Crippen LogP contribution in [0.3, 0.4) is 0 Å². The third-order valence-electron chi connectivity index (χ3n) is 13.4. The molecule has 0 aromatic heterocycles. The maximum atomic E-state index is 10.3. The largest absolute Gasteiger partial charge is 0.545 e. The molecule has 0 atom stereocenters. The molecule has 0 aliphatic carbocycles. The molecule has 20 N–H and O–H groups in total. The van der Waals surface area contributed by atoms with Crippen LogP contribution in [0, 0.1) is 0 Å². The molecule has 30 heteroatoms. The lowest BCUT2D eigenvalue weighted by Gasteiger charge is -2.21. The van der Waals surface area contributed by atoms with E-state index in [9.17, 15) is 29.4 Å². The number of carboxylic acid groups (broad SMARTS) is 4. The minimum absolute atomic E-state index is 0. The van der Waals surface area contributed by atoms with E-state index in [-0.39, 0.29) is 66.1 Å². The Kier molecular flexibility index (Phi) is 56.7. The molecule has 0 radical (unpaired) electrons. The molecule has 0 spiro atoms. The van der Waals surface area contributed by atoms with E-state index in [1.54, 1.807) is 0 Å². The fourth-order valence-corrected chi connectivity index (χ4v) is 8.40. The second kappa shape index (κ2) is 58.2. The Morgan fingerprint density at radius 1 is 0.337 bits per heavy atom. The van der Waals surface area contributed by atoms with Gasteiger partial charge >= 0.3 is 11.9 Å². The molecule has 98 heavy (non-hydrogen) atoms. The van der Waals surface area contributed by atoms with Gasteiger partial charge in [0.2, 0.25) is 0 Å². The number of ether oxygens (including phenoxy) is 12. The third kappa shape index (κ3) is 38.7. The number of rotatable bonds is 16. The van der Waals surface area contributed by atoms with Crippen LogP contribution in [-0.2, 0) is 18.9 Å². The summed E-state index contributed by atoms with van der Waals surface area (Å²) in [6.45, 7) is 18.7. The van der Waals surface area contributed by atoms with Gasteiger partial charge in [-0.1, -0.05) is 99.5 Å². The highest BCUT2D eigenvalue weighted by Crippen LogP contribution is 2.29. The molecular formula is C68H102N2O28. The first-order valence-electron chi connectivity index (χ1n) is 30.4. The number of carbonyl (C=O) groups excluding carboxylic acids is 2. The standard InChI is InChI=1S/2C26H37NO6.2C8H6O4.8H2O/c2*1-2-3-15-28-16-12-27-13-17-30-23-8-4-6-10-25(23)32-21-19-29-20-22-33-26-11-7-5-9-24(26)31-18-14-27;2*9-7(10)5-1-2-6(4-3-5)8(11)12;;;;;;;;/h2*4-11H,2-3,12-22H2,1H3;2*1-4H,(H,9,10)(H,11,12);8*1H2. The SMILES string of the molecule is CCCCOCC[NH+]1CCOc2ccccc2OCCOCCOc2ccccc2OCC1.CCCCOCC[NH+]1CCOc2ccccc2OCCOCCOc2ccccc2OCC1.O.O.O.O.O.O.O.O.O=C([O-])c1ccc(C(=O)O)cc1.O=C([O-])c1ccc(C(=O)O)cc1. The summed E-state index contributed by atoms with van der Waals surface area (Å²) < 4.78 is 70.7. The van der Waals surface area contributed by atoms with Crippen molar-refractivity contribution in [3.63, 3.8) is 0 Å². The third-order valence-corrected chi connectivity index (χ3v) is 13.4. The number of carboxylic acids is 4. The molecule has 6 aromatic carbocycles. The van der Waals surface area contributed by atoms with Crippen molar-refractivity contribution in [2.45, 2.75) is 39.5 Å². The molecule has 6 aromatic rings. The number of unbranched alkanes of at least 4 members (excludes halogenated alkanes) is 2. The Labute approximate surface area is 570 Å². The predicted molar refractivity (Wildman–Crippen MR) is 358 cm³/mol. The molecule has 2 aliphatic heterocycles. The molecule has 2 aliphatic rings. The number of para-hydroxylation sites is 8. The van der Waals surface area contributed by atoms with Gasteiger partial charge in [0.1, 0.15) is 92.1 Å². The van der Waals surface area contributed by atoms with Gasteiger partial charge in [0.25, 0.3) is 0 Å². The molecule has 552 valence electrons. The van der Waals surface area contributed by atoms with Crippen molar-refractivity contribution in [3.8, 4) is 46.0 Å². The van der Waals surface area contributed by atoms with E-state index in [4.69, 9.17) is 67.1 Å². The number of hydrogen-bond acceptors (Lipinski definition) is 18. The van der Waals surface area contributed by atoms with Gasteiger partial charge in [-0.15, -0.1) is 0 Å². The molecule has 0 saturated carbocycles. The van der Waals surface area contributed by atoms with Crippen LogP contribution in [0.25, 0.3) is 0 Å². The lowest BCUT2D eigenvalue weighted by Crippen LogP contribution is -3.13. The lowest BCUT2D eigenvalue weighted by molar-refractivity contribution is -0.900. The van der Waals surface area contributed by atoms with E-state index in [1.165, 1.54) is 58.3 Å². The first kappa shape index (κ1) is 95.4. The van der Waals surface area contributed by atoms with Gasteiger partial charge in [0.15, 0.2) is 46.0 Å². The minimum atomic E-state index is -1.31. The van der Waals surface area contributed by atoms with Crippen molar-refractivity contribution < 1.29 is 150 Å². The highest BCUT2D eigenvalue weighted by Gasteiger charge is 2.16. The van der Waals surface area contributed by atoms with Gasteiger partial charge in [-0.05, 0) is 96.8 Å². The zero-order chi connectivity index (χ0) is 64.2. The van der Waals surface area contributed by atoms with Crippen LogP contribution in [0.2, 0.25) is 0 Å². The van der Waals surface area contributed by atoms with Crippen LogP contribution < -0.4 is 57.9 Å². The first-order valence-corrected chi connectivity index (χ1v) is 30.4. The smallest absolute Gasteiger partial charge is 0.335 e. The molecule has 0 bridgehead atoms. The van der Waals surface area contributed by atoms with E-state index in [0.717, 1.165) is 137 Å². The number of carbonyl (C=O) groups is 4. The van der Waals surface area contributed by atoms with Crippen LogP contribution in [0.1, 0.15) is 81.0 Å². The quantitative estimate of drug-likeness (QED) is 0.0774. The fourth-order valence-electron chi connectivity index (χ4n) is 8.40. The van der Waals surface area contributed by atoms with Crippen molar-refractivity contribution in [1.29, 1.82) is 0 Å². The van der Waals surface area contributed by atoms with Gasteiger partial charge in [-0.3, -0.25) is 0 Å². The molecule has 2 heterocycles. The minimum Gasteiger partial charge on any atom is -0.545 e. The van der Waals surface area contributed by atoms with E-state index in [0.29, 0.717) is 79.3 Å². The highest BCUT2D eigenvalue weighted by atomic mass is 16.6. The predicted octanol–water partition coefficient (Wildman–Crippen LogP) is -1.83. The molecule has 30 nitrogen and oxygen atoms in total. The van der Waals surface area contributed by atoms with Crippen molar-refractivity contribution in [3.05, 3.63) is 168 Å². The van der Waals surface area contributed by atoms with Gasteiger partial charge in [-0.2, -0.15) is 0 Å². The van der Waals surface area contributed by atoms with E-state index >= 15 is 0 Å². The van der Waals surface area contributed by atoms with Gasteiger partial charge in [0.05, 0.1) is 62.7 Å². The van der Waals surface area contributed by atoms with E-state index < -0.39 is 23.9 Å². The van der Waals surface area contributed by atoms with Gasteiger partial charge in [-0.25, -0.2) is 9.59 Å². The van der Waals surface area contributed by atoms with Crippen LogP contribution >= 0.6 is 0 Å². The van der Waals surface area contributed by atoms with E-state index in [2.05, 4.69) is 13.8 Å². The molecular weight excluding hydrogens is 1290 g/mol. The number of benzene rings is 6. The normalized spacial score (nSPS) is 13.4. The Morgan fingerprint density at radius 2 is 0.551 bits per heavy atom. The topological polar surface area (TPSA) is 526 Å². The summed E-state index contributed by atoms with van der Waals surface area (Å²) >= 11 is 0. The summed E-state index contributed by atoms with van der Waals surface area (Å²) in [6, 6.07) is 40.7. The second-order valence-electron chi connectivity index (χ2n) is 20.1. The summed E-state index contributed by atoms with van der Waals surface area (Å²) in [4.78, 5) is 43.8. The van der Waals surface area contributed by atoms with Crippen molar-refractivity contribution in [2.75, 3.05) is 145 Å². The highest BCUT2D eigenvalue weighted by molar-refractivity contribution is 5.91. The first-order chi connectivity index (χ1) is 43.9. The second-order valence-corrected chi connectivity index (χ2v) is 20.1. The summed E-state index contributed by atoms with van der Waals surface area (Å²) in [5.41, 5.74) is 0.0556. The summed E-state index contributed by atoms with van der Waals surface area (Å²) in [7, 11) is 0.